The van der Waals surface area contributed by atoms with Crippen molar-refractivity contribution in [2.45, 2.75) is 44.5 Å². The van der Waals surface area contributed by atoms with Gasteiger partial charge in [-0.2, -0.15) is 0 Å². The van der Waals surface area contributed by atoms with Crippen molar-refractivity contribution in [2.75, 3.05) is 26.8 Å². The maximum absolute atomic E-state index is 11.5. The number of rotatable bonds is 12. The Labute approximate surface area is 289 Å². The monoisotopic (exact) mass is 685 g/mol. The van der Waals surface area contributed by atoms with Crippen LogP contribution in [0.3, 0.4) is 0 Å². The molecule has 0 spiro atoms. The number of amides is 1. The largest absolute Gasteiger partial charge is 0.481 e. The quantitative estimate of drug-likeness (QED) is 0.148. The fourth-order valence-electron chi connectivity index (χ4n) is 6.34. The number of methoxy groups -OCH3 is 1. The normalized spacial score (nSPS) is 17.5. The van der Waals surface area contributed by atoms with Crippen LogP contribution in [0.2, 0.25) is 10.0 Å². The number of halogens is 2. The van der Waals surface area contributed by atoms with Gasteiger partial charge in [0.05, 0.1) is 45.7 Å². The van der Waals surface area contributed by atoms with Crippen LogP contribution in [-0.2, 0) is 29.7 Å². The molecule has 0 aliphatic carbocycles. The van der Waals surface area contributed by atoms with Crippen LogP contribution in [0.5, 0.6) is 5.88 Å². The minimum atomic E-state index is 0.104. The summed E-state index contributed by atoms with van der Waals surface area (Å²) in [6.45, 7) is 3.64. The van der Waals surface area contributed by atoms with Crippen molar-refractivity contribution in [1.82, 2.24) is 35.5 Å². The van der Waals surface area contributed by atoms with Crippen molar-refractivity contribution in [3.63, 3.8) is 0 Å². The van der Waals surface area contributed by atoms with E-state index in [4.69, 9.17) is 42.6 Å². The molecule has 0 bridgehead atoms. The van der Waals surface area contributed by atoms with Crippen LogP contribution < -0.4 is 20.7 Å². The zero-order valence-corrected chi connectivity index (χ0v) is 28.4. The number of fused-ring (bicyclic) bond motifs is 1. The molecule has 1 aromatic carbocycles. The third-order valence-corrected chi connectivity index (χ3v) is 9.82. The summed E-state index contributed by atoms with van der Waals surface area (Å²) in [6.07, 6.45) is 8.51. The van der Waals surface area contributed by atoms with Crippen LogP contribution in [0.25, 0.3) is 44.7 Å². The summed E-state index contributed by atoms with van der Waals surface area (Å²) >= 11 is 14.2. The van der Waals surface area contributed by atoms with Crippen molar-refractivity contribution in [2.24, 2.45) is 7.05 Å². The van der Waals surface area contributed by atoms with E-state index in [1.54, 1.807) is 13.3 Å². The van der Waals surface area contributed by atoms with Crippen LogP contribution in [-0.4, -0.2) is 64.4 Å². The van der Waals surface area contributed by atoms with Gasteiger partial charge in [0.25, 0.3) is 0 Å². The highest BCUT2D eigenvalue weighted by atomic mass is 35.5. The van der Waals surface area contributed by atoms with E-state index < -0.39 is 0 Å². The molecule has 0 saturated carbocycles. The zero-order chi connectivity index (χ0) is 33.2. The first kappa shape index (κ1) is 32.5. The minimum Gasteiger partial charge on any atom is -0.481 e. The van der Waals surface area contributed by atoms with Gasteiger partial charge >= 0.3 is 0 Å². The van der Waals surface area contributed by atoms with Gasteiger partial charge in [0.2, 0.25) is 11.8 Å². The standard InChI is InChI=1S/C36H37Cl2N7O3/c1-45-20-23(16-40-19-25-11-13-48-25)34-30(45)14-22(17-42-34)35-33(38)27(10-12-41-35)26-4-3-5-28(32(26)37)29-8-6-21(36(44-29)47-2)15-39-18-24-7-9-31(46)43-24/h3-6,8,10,12,14,17,20,24-25,39-40H,7,9,11,13,15-16,18-19H2,1-2H3,(H,43,46)/t24-,25-/m0/s1. The van der Waals surface area contributed by atoms with E-state index in [1.165, 1.54) is 0 Å². The molecule has 2 saturated heterocycles. The average Bonchev–Trinajstić information content (AvgIpc) is 3.64. The van der Waals surface area contributed by atoms with Crippen LogP contribution in [0.15, 0.2) is 61.1 Å². The lowest BCUT2D eigenvalue weighted by Gasteiger charge is -2.26. The number of aryl methyl sites for hydroxylation is 1. The lowest BCUT2D eigenvalue weighted by molar-refractivity contribution is -0.119. The number of hydrogen-bond donors (Lipinski definition) is 3. The van der Waals surface area contributed by atoms with E-state index in [2.05, 4.69) is 37.8 Å². The molecule has 2 aliphatic rings. The predicted octanol–water partition coefficient (Wildman–Crippen LogP) is 5.93. The Hall–Kier alpha value is -4.06. The lowest BCUT2D eigenvalue weighted by atomic mass is 9.99. The molecular formula is C36H37Cl2N7O3. The molecule has 0 unspecified atom stereocenters. The highest BCUT2D eigenvalue weighted by Gasteiger charge is 2.22. The summed E-state index contributed by atoms with van der Waals surface area (Å²) in [5, 5.41) is 10.9. The van der Waals surface area contributed by atoms with Gasteiger partial charge in [-0.15, -0.1) is 0 Å². The molecule has 48 heavy (non-hydrogen) atoms. The molecule has 2 aliphatic heterocycles. The molecule has 7 rings (SSSR count). The maximum atomic E-state index is 11.5. The first-order valence-electron chi connectivity index (χ1n) is 16.1. The number of carbonyl (C=O) groups excluding carboxylic acids is 1. The van der Waals surface area contributed by atoms with Crippen molar-refractivity contribution in [3.8, 4) is 39.5 Å². The first-order chi connectivity index (χ1) is 23.4. The van der Waals surface area contributed by atoms with Crippen LogP contribution in [0, 0.1) is 0 Å². The maximum Gasteiger partial charge on any atom is 0.220 e. The van der Waals surface area contributed by atoms with Gasteiger partial charge in [-0.1, -0.05) is 47.5 Å². The lowest BCUT2D eigenvalue weighted by Crippen LogP contribution is -2.36. The van der Waals surface area contributed by atoms with Crippen LogP contribution >= 0.6 is 23.2 Å². The number of benzene rings is 1. The van der Waals surface area contributed by atoms with E-state index in [9.17, 15) is 4.79 Å². The van der Waals surface area contributed by atoms with Gasteiger partial charge in [0.1, 0.15) is 0 Å². The molecule has 3 N–H and O–H groups in total. The molecule has 2 atom stereocenters. The molecule has 10 nitrogen and oxygen atoms in total. The Balaban J connectivity index is 1.12. The van der Waals surface area contributed by atoms with E-state index >= 15 is 0 Å². The van der Waals surface area contributed by atoms with Crippen LogP contribution in [0.4, 0.5) is 0 Å². The summed E-state index contributed by atoms with van der Waals surface area (Å²) in [5.41, 5.74) is 8.39. The third-order valence-electron chi connectivity index (χ3n) is 9.03. The molecule has 12 heteroatoms. The Kier molecular flexibility index (Phi) is 9.61. The second kappa shape index (κ2) is 14.2. The summed E-state index contributed by atoms with van der Waals surface area (Å²) in [6, 6.07) is 13.8. The van der Waals surface area contributed by atoms with Crippen LogP contribution in [0.1, 0.15) is 30.4 Å². The number of aromatic nitrogens is 4. The van der Waals surface area contributed by atoms with Gasteiger partial charge in [-0.3, -0.25) is 14.8 Å². The molecular weight excluding hydrogens is 649 g/mol. The van der Waals surface area contributed by atoms with Crippen molar-refractivity contribution in [1.29, 1.82) is 0 Å². The highest BCUT2D eigenvalue weighted by Crippen LogP contribution is 2.42. The number of pyridine rings is 3. The number of nitrogens with one attached hydrogen (secondary N) is 3. The van der Waals surface area contributed by atoms with Gasteiger partial charge in [-0.25, -0.2) is 4.98 Å². The predicted molar refractivity (Wildman–Crippen MR) is 188 cm³/mol. The Bertz CT molecular complexity index is 1980. The smallest absolute Gasteiger partial charge is 0.220 e. The Morgan fingerprint density at radius 1 is 1.00 bits per heavy atom. The number of nitrogens with zero attached hydrogens (tertiary/aromatic N) is 4. The third kappa shape index (κ3) is 6.63. The molecule has 1 amide bonds. The number of ether oxygens (including phenoxy) is 2. The molecule has 6 heterocycles. The zero-order valence-electron chi connectivity index (χ0n) is 26.9. The van der Waals surface area contributed by atoms with E-state index in [0.29, 0.717) is 59.5 Å². The molecule has 2 fully saturated rings. The molecule has 248 valence electrons. The second-order valence-electron chi connectivity index (χ2n) is 12.3. The first-order valence-corrected chi connectivity index (χ1v) is 16.9. The SMILES string of the molecule is COc1nc(-c2cccc(-c3ccnc(-c4cnc5c(CNC[C@@H]6CCO6)cn(C)c5c4)c3Cl)c2Cl)ccc1CNC[C@@H]1CCC(=O)N1. The second-order valence-corrected chi connectivity index (χ2v) is 13.0. The van der Waals surface area contributed by atoms with Gasteiger partial charge < -0.3 is 30.0 Å². The highest BCUT2D eigenvalue weighted by molar-refractivity contribution is 6.39. The van der Waals surface area contributed by atoms with Gasteiger partial charge in [0.15, 0.2) is 0 Å². The number of hydrogen-bond acceptors (Lipinski definition) is 8. The van der Waals surface area contributed by atoms with Crippen molar-refractivity contribution in [3.05, 3.63) is 82.2 Å². The van der Waals surface area contributed by atoms with E-state index in [1.807, 2.05) is 49.6 Å². The van der Waals surface area contributed by atoms with E-state index in [0.717, 1.165) is 70.4 Å². The summed E-state index contributed by atoms with van der Waals surface area (Å²) < 4.78 is 13.3. The molecule has 0 radical (unpaired) electrons. The average molecular weight is 687 g/mol. The Morgan fingerprint density at radius 3 is 2.56 bits per heavy atom. The molecule has 4 aromatic heterocycles. The van der Waals surface area contributed by atoms with Gasteiger partial charge in [0, 0.05) is 104 Å². The summed E-state index contributed by atoms with van der Waals surface area (Å²) in [4.78, 5) is 25.8. The topological polar surface area (TPSA) is 115 Å². The Morgan fingerprint density at radius 2 is 1.79 bits per heavy atom. The molecule has 5 aromatic rings. The fourth-order valence-corrected chi connectivity index (χ4v) is 6.99. The van der Waals surface area contributed by atoms with Crippen molar-refractivity contribution < 1.29 is 14.3 Å². The summed E-state index contributed by atoms with van der Waals surface area (Å²) in [5.74, 6) is 0.614. The van der Waals surface area contributed by atoms with E-state index in [-0.39, 0.29) is 11.9 Å². The number of carbonyl (C=O) groups is 1. The van der Waals surface area contributed by atoms with Gasteiger partial charge in [-0.05, 0) is 31.0 Å². The summed E-state index contributed by atoms with van der Waals surface area (Å²) in [7, 11) is 3.63. The van der Waals surface area contributed by atoms with Crippen molar-refractivity contribution >= 4 is 40.1 Å². The fraction of sp³-hybridized carbons (Fsp3) is 0.333. The minimum absolute atomic E-state index is 0.104.